The molecular formula is C67H68N2. The van der Waals surface area contributed by atoms with E-state index in [4.69, 9.17) is 0 Å². The zero-order valence-corrected chi connectivity index (χ0v) is 40.4. The van der Waals surface area contributed by atoms with E-state index in [2.05, 4.69) is 192 Å². The predicted molar refractivity (Wildman–Crippen MR) is 289 cm³/mol. The molecule has 8 unspecified atom stereocenters. The van der Waals surface area contributed by atoms with Crippen molar-refractivity contribution in [3.63, 3.8) is 0 Å². The van der Waals surface area contributed by atoms with Gasteiger partial charge in [0.2, 0.25) is 0 Å². The molecule has 1 N–H and O–H groups in total. The molecule has 0 aromatic heterocycles. The van der Waals surface area contributed by atoms with Gasteiger partial charge in [0.1, 0.15) is 0 Å². The van der Waals surface area contributed by atoms with Gasteiger partial charge in [-0.05, 0) is 180 Å². The highest BCUT2D eigenvalue weighted by Crippen LogP contribution is 2.70. The molecule has 8 atom stereocenters. The van der Waals surface area contributed by atoms with Crippen molar-refractivity contribution in [3.8, 4) is 0 Å². The number of fused-ring (bicyclic) bond motifs is 3. The van der Waals surface area contributed by atoms with Crippen LogP contribution in [0, 0.1) is 23.2 Å². The quantitative estimate of drug-likeness (QED) is 0.168. The van der Waals surface area contributed by atoms with E-state index < -0.39 is 0 Å². The Morgan fingerprint density at radius 2 is 1.35 bits per heavy atom. The summed E-state index contributed by atoms with van der Waals surface area (Å²) >= 11 is 0. The van der Waals surface area contributed by atoms with Crippen molar-refractivity contribution in [2.45, 2.75) is 114 Å². The topological polar surface area (TPSA) is 15.3 Å². The van der Waals surface area contributed by atoms with E-state index in [1.165, 1.54) is 93.5 Å². The van der Waals surface area contributed by atoms with E-state index in [-0.39, 0.29) is 18.0 Å². The van der Waals surface area contributed by atoms with E-state index in [0.717, 1.165) is 64.3 Å². The fourth-order valence-electron chi connectivity index (χ4n) is 14.5. The van der Waals surface area contributed by atoms with Crippen LogP contribution in [0.25, 0.3) is 22.3 Å². The highest BCUT2D eigenvalue weighted by atomic mass is 15.2. The summed E-state index contributed by atoms with van der Waals surface area (Å²) in [5.74, 6) is 2.14. The van der Waals surface area contributed by atoms with Crippen LogP contribution in [-0.2, 0) is 0 Å². The van der Waals surface area contributed by atoms with Crippen LogP contribution in [-0.4, -0.2) is 23.5 Å². The number of benzene rings is 4. The van der Waals surface area contributed by atoms with Gasteiger partial charge < -0.3 is 10.2 Å². The molecule has 13 rings (SSSR count). The molecule has 2 nitrogen and oxygen atoms in total. The van der Waals surface area contributed by atoms with Crippen LogP contribution >= 0.6 is 0 Å². The standard InChI is InChI=1S/C67H68N2/c1-5-19-46(20-6-1)52-27-17-29-54(41-52)55-38-39-61(68-62(43-55)48-21-7-2-8-22-48)49-36-34-47(35-37-49)53-28-18-30-56(42-53)63-58-32-13-14-33-59(58)66-64(50-23-9-3-10-24-50)60(67-40-16-15-31-57(67)44-67)45-69(66)65(63)51-25-11-4-12-26-51/h3-5,7,9-12,14-15,17-31,33-34,41-43,49,57,60-63,65,68H,1-2,6,8,13,16,32,35-40,44-45H2. The van der Waals surface area contributed by atoms with Gasteiger partial charge in [0.05, 0.1) is 12.1 Å². The first-order valence-corrected chi connectivity index (χ1v) is 27.0. The van der Waals surface area contributed by atoms with Crippen molar-refractivity contribution in [2.75, 3.05) is 6.54 Å². The SMILES string of the molecule is C1=CC(c2cccc(C3=CC(C4=CCCC=C4)NC(C4CC=C(c5cccc(C6C7=C(C=CCC7)C7=C(c8ccccc8)C(C89CCC=CC8C9)CN7C6c6ccccc6)c5)CC4)CC3)c2)=CCC1. The van der Waals surface area contributed by atoms with Gasteiger partial charge in [0, 0.05) is 30.1 Å². The molecule has 4 aromatic carbocycles. The van der Waals surface area contributed by atoms with Gasteiger partial charge >= 0.3 is 0 Å². The van der Waals surface area contributed by atoms with E-state index in [1.807, 2.05) is 0 Å². The number of hydrogen-bond donors (Lipinski definition) is 1. The maximum atomic E-state index is 4.28. The normalized spacial score (nSPS) is 30.4. The van der Waals surface area contributed by atoms with Crippen LogP contribution in [0.1, 0.15) is 135 Å². The first-order chi connectivity index (χ1) is 34.2. The second kappa shape index (κ2) is 18.4. The van der Waals surface area contributed by atoms with Crippen molar-refractivity contribution < 1.29 is 0 Å². The van der Waals surface area contributed by atoms with Gasteiger partial charge in [0.25, 0.3) is 0 Å². The molecule has 0 saturated heterocycles. The minimum absolute atomic E-state index is 0.236. The summed E-state index contributed by atoms with van der Waals surface area (Å²) in [5, 5.41) is 4.28. The molecule has 9 aliphatic rings. The lowest BCUT2D eigenvalue weighted by Crippen LogP contribution is -2.42. The number of nitrogens with one attached hydrogen (secondary N) is 1. The Hall–Kier alpha value is -5.96. The fraction of sp³-hybridized carbons (Fsp3) is 0.343. The first kappa shape index (κ1) is 43.1. The second-order valence-electron chi connectivity index (χ2n) is 21.8. The lowest BCUT2D eigenvalue weighted by atomic mass is 9.71. The Kier molecular flexibility index (Phi) is 11.5. The van der Waals surface area contributed by atoms with Gasteiger partial charge in [-0.3, -0.25) is 0 Å². The molecule has 346 valence electrons. The van der Waals surface area contributed by atoms with Crippen molar-refractivity contribution in [2.24, 2.45) is 23.2 Å². The molecule has 3 heterocycles. The van der Waals surface area contributed by atoms with Crippen molar-refractivity contribution >= 4 is 22.3 Å². The van der Waals surface area contributed by atoms with Gasteiger partial charge in [-0.15, -0.1) is 0 Å². The van der Waals surface area contributed by atoms with Crippen LogP contribution in [0.4, 0.5) is 0 Å². The highest BCUT2D eigenvalue weighted by Gasteiger charge is 2.62. The molecule has 1 fully saturated rings. The van der Waals surface area contributed by atoms with Crippen molar-refractivity contribution in [3.05, 3.63) is 238 Å². The summed E-state index contributed by atoms with van der Waals surface area (Å²) in [6.45, 7) is 1.10. The van der Waals surface area contributed by atoms with Crippen LogP contribution < -0.4 is 5.32 Å². The Morgan fingerprint density at radius 1 is 0.594 bits per heavy atom. The Morgan fingerprint density at radius 3 is 2.14 bits per heavy atom. The molecule has 0 bridgehead atoms. The summed E-state index contributed by atoms with van der Waals surface area (Å²) < 4.78 is 0. The molecule has 4 aromatic rings. The first-order valence-electron chi connectivity index (χ1n) is 27.0. The molecule has 6 aliphatic carbocycles. The van der Waals surface area contributed by atoms with Crippen LogP contribution in [0.15, 0.2) is 205 Å². The third-order valence-electron chi connectivity index (χ3n) is 18.1. The average Bonchev–Trinajstić information content (AvgIpc) is 4.12. The fourth-order valence-corrected chi connectivity index (χ4v) is 14.5. The third kappa shape index (κ3) is 8.02. The molecule has 3 aliphatic heterocycles. The van der Waals surface area contributed by atoms with E-state index in [1.54, 1.807) is 16.7 Å². The zero-order chi connectivity index (χ0) is 45.7. The average molecular weight is 901 g/mol. The Labute approximate surface area is 412 Å². The van der Waals surface area contributed by atoms with Crippen LogP contribution in [0.2, 0.25) is 0 Å². The van der Waals surface area contributed by atoms with Gasteiger partial charge in [0.15, 0.2) is 0 Å². The molecule has 0 radical (unpaired) electrons. The van der Waals surface area contributed by atoms with E-state index in [0.29, 0.717) is 29.2 Å². The summed E-state index contributed by atoms with van der Waals surface area (Å²) in [7, 11) is 0. The van der Waals surface area contributed by atoms with Crippen molar-refractivity contribution in [1.82, 2.24) is 10.2 Å². The number of hydrogen-bond acceptors (Lipinski definition) is 2. The molecule has 0 amide bonds. The van der Waals surface area contributed by atoms with Gasteiger partial charge in [-0.1, -0.05) is 182 Å². The van der Waals surface area contributed by atoms with Gasteiger partial charge in [-0.2, -0.15) is 0 Å². The second-order valence-corrected chi connectivity index (χ2v) is 21.8. The Bertz CT molecular complexity index is 2940. The van der Waals surface area contributed by atoms with E-state index >= 15 is 0 Å². The monoisotopic (exact) mass is 901 g/mol. The highest BCUT2D eigenvalue weighted by molar-refractivity contribution is 5.81. The lowest BCUT2D eigenvalue weighted by molar-refractivity contribution is 0.195. The summed E-state index contributed by atoms with van der Waals surface area (Å²) in [6.07, 6.45) is 46.0. The zero-order valence-electron chi connectivity index (χ0n) is 40.4. The summed E-state index contributed by atoms with van der Waals surface area (Å²) in [4.78, 5) is 2.93. The smallest absolute Gasteiger partial charge is 0.0649 e. The number of allylic oxidation sites excluding steroid dienone is 13. The van der Waals surface area contributed by atoms with Gasteiger partial charge in [-0.25, -0.2) is 0 Å². The number of nitrogens with zero attached hydrogens (tertiary/aromatic N) is 1. The summed E-state index contributed by atoms with van der Waals surface area (Å²) in [6, 6.07) is 43.4. The molecule has 1 saturated carbocycles. The maximum absolute atomic E-state index is 4.28. The predicted octanol–water partition coefficient (Wildman–Crippen LogP) is 16.3. The molecule has 2 heteroatoms. The number of rotatable bonds is 9. The van der Waals surface area contributed by atoms with Crippen molar-refractivity contribution in [1.29, 1.82) is 0 Å². The minimum atomic E-state index is 0.236. The van der Waals surface area contributed by atoms with E-state index in [9.17, 15) is 0 Å². The van der Waals surface area contributed by atoms with Crippen LogP contribution in [0.3, 0.4) is 0 Å². The lowest BCUT2D eigenvalue weighted by Gasteiger charge is -2.46. The van der Waals surface area contributed by atoms with Crippen LogP contribution in [0.5, 0.6) is 0 Å². The largest absolute Gasteiger partial charge is 0.362 e. The Balaban J connectivity index is 0.813. The minimum Gasteiger partial charge on any atom is -0.362 e. The molecule has 0 spiro atoms. The summed E-state index contributed by atoms with van der Waals surface area (Å²) in [5.41, 5.74) is 21.1. The molecule has 69 heavy (non-hydrogen) atoms. The molecular weight excluding hydrogens is 833 g/mol. The third-order valence-corrected chi connectivity index (χ3v) is 18.1. The maximum Gasteiger partial charge on any atom is 0.0649 e.